The Labute approximate surface area is 184 Å². The lowest BCUT2D eigenvalue weighted by Gasteiger charge is -2.33. The van der Waals surface area contributed by atoms with Crippen LogP contribution in [-0.2, 0) is 16.1 Å². The van der Waals surface area contributed by atoms with Crippen molar-refractivity contribution in [2.75, 3.05) is 44.3 Å². The van der Waals surface area contributed by atoms with Crippen molar-refractivity contribution in [1.29, 1.82) is 0 Å². The van der Waals surface area contributed by atoms with Crippen molar-refractivity contribution in [3.05, 3.63) is 34.5 Å². The van der Waals surface area contributed by atoms with Gasteiger partial charge in [-0.15, -0.1) is 0 Å². The summed E-state index contributed by atoms with van der Waals surface area (Å²) in [5.74, 6) is 2.49. The first-order valence-electron chi connectivity index (χ1n) is 11.4. The molecule has 4 rings (SSSR count). The van der Waals surface area contributed by atoms with E-state index in [2.05, 4.69) is 23.8 Å². The van der Waals surface area contributed by atoms with E-state index in [0.717, 1.165) is 86.5 Å². The van der Waals surface area contributed by atoms with Crippen LogP contribution in [0.5, 0.6) is 0 Å². The summed E-state index contributed by atoms with van der Waals surface area (Å²) in [5.41, 5.74) is 4.31. The molecule has 8 heteroatoms. The van der Waals surface area contributed by atoms with Gasteiger partial charge in [0.05, 0.1) is 18.9 Å². The summed E-state index contributed by atoms with van der Waals surface area (Å²) in [6.07, 6.45) is 2.32. The molecule has 0 spiro atoms. The highest BCUT2D eigenvalue weighted by Crippen LogP contribution is 2.29. The molecule has 2 fully saturated rings. The number of anilines is 1. The highest BCUT2D eigenvalue weighted by molar-refractivity contribution is 5.76. The Kier molecular flexibility index (Phi) is 6.55. The van der Waals surface area contributed by atoms with Crippen molar-refractivity contribution >= 4 is 11.7 Å². The fourth-order valence-electron chi connectivity index (χ4n) is 4.55. The van der Waals surface area contributed by atoms with Gasteiger partial charge < -0.3 is 14.5 Å². The van der Waals surface area contributed by atoms with Crippen molar-refractivity contribution in [2.45, 2.75) is 59.4 Å². The molecule has 4 heterocycles. The maximum absolute atomic E-state index is 12.7. The van der Waals surface area contributed by atoms with E-state index >= 15 is 0 Å². The number of morpholine rings is 1. The van der Waals surface area contributed by atoms with Gasteiger partial charge in [-0.25, -0.2) is 9.97 Å². The van der Waals surface area contributed by atoms with Gasteiger partial charge in [-0.3, -0.25) is 9.48 Å². The molecule has 0 aliphatic carbocycles. The molecule has 0 radical (unpaired) electrons. The van der Waals surface area contributed by atoms with Gasteiger partial charge in [-0.2, -0.15) is 5.10 Å². The number of rotatable bonds is 5. The molecule has 0 atom stereocenters. The van der Waals surface area contributed by atoms with E-state index in [1.165, 1.54) is 0 Å². The van der Waals surface area contributed by atoms with Crippen LogP contribution in [0.25, 0.3) is 0 Å². The minimum Gasteiger partial charge on any atom is -0.378 e. The summed E-state index contributed by atoms with van der Waals surface area (Å²) in [4.78, 5) is 26.8. The monoisotopic (exact) mass is 426 g/mol. The fourth-order valence-corrected chi connectivity index (χ4v) is 4.55. The van der Waals surface area contributed by atoms with E-state index in [1.807, 2.05) is 29.5 Å². The average molecular weight is 427 g/mol. The summed E-state index contributed by atoms with van der Waals surface area (Å²) in [7, 11) is 0. The zero-order valence-electron chi connectivity index (χ0n) is 19.2. The average Bonchev–Trinajstić information content (AvgIpc) is 3.11. The summed E-state index contributed by atoms with van der Waals surface area (Å²) in [5, 5.41) is 4.46. The third kappa shape index (κ3) is 4.89. The topological polar surface area (TPSA) is 76.4 Å². The second-order valence-electron chi connectivity index (χ2n) is 8.77. The molecule has 2 aromatic heterocycles. The Bertz CT molecular complexity index is 926. The van der Waals surface area contributed by atoms with Gasteiger partial charge in [0.1, 0.15) is 11.6 Å². The van der Waals surface area contributed by atoms with Crippen molar-refractivity contribution in [1.82, 2.24) is 24.6 Å². The largest absolute Gasteiger partial charge is 0.378 e. The number of nitrogens with zero attached hydrogens (tertiary/aromatic N) is 6. The second kappa shape index (κ2) is 9.34. The molecular formula is C23H34N6O2. The number of amides is 1. The van der Waals surface area contributed by atoms with Crippen molar-refractivity contribution < 1.29 is 9.53 Å². The van der Waals surface area contributed by atoms with E-state index in [1.54, 1.807) is 0 Å². The highest BCUT2D eigenvalue weighted by atomic mass is 16.5. The Morgan fingerprint density at radius 2 is 1.77 bits per heavy atom. The zero-order chi connectivity index (χ0) is 22.0. The van der Waals surface area contributed by atoms with Crippen LogP contribution in [0.3, 0.4) is 0 Å². The Morgan fingerprint density at radius 3 is 2.42 bits per heavy atom. The van der Waals surface area contributed by atoms with Crippen LogP contribution < -0.4 is 4.90 Å². The number of hydrogen-bond donors (Lipinski definition) is 0. The molecule has 8 nitrogen and oxygen atoms in total. The van der Waals surface area contributed by atoms with Crippen LogP contribution in [0.4, 0.5) is 5.82 Å². The first kappa shape index (κ1) is 21.7. The van der Waals surface area contributed by atoms with Crippen molar-refractivity contribution in [2.24, 2.45) is 0 Å². The Balaban J connectivity index is 1.36. The van der Waals surface area contributed by atoms with Gasteiger partial charge in [-0.1, -0.05) is 0 Å². The lowest BCUT2D eigenvalue weighted by Crippen LogP contribution is -2.39. The maximum Gasteiger partial charge on any atom is 0.224 e. The molecule has 0 unspecified atom stereocenters. The van der Waals surface area contributed by atoms with Gasteiger partial charge in [0.2, 0.25) is 5.91 Å². The third-order valence-corrected chi connectivity index (χ3v) is 6.55. The molecule has 168 valence electrons. The molecule has 2 aliphatic rings. The number of carbonyl (C=O) groups is 1. The number of aryl methyl sites for hydroxylation is 4. The van der Waals surface area contributed by atoms with Crippen LogP contribution >= 0.6 is 0 Å². The van der Waals surface area contributed by atoms with Crippen LogP contribution in [0.15, 0.2) is 6.07 Å². The molecular weight excluding hydrogens is 392 g/mol. The van der Waals surface area contributed by atoms with Gasteiger partial charge in [0, 0.05) is 62.0 Å². The van der Waals surface area contributed by atoms with E-state index in [9.17, 15) is 4.79 Å². The summed E-state index contributed by atoms with van der Waals surface area (Å²) in [6, 6.07) is 2.05. The molecule has 2 aromatic rings. The number of ether oxygens (including phenoxy) is 1. The number of aromatic nitrogens is 4. The standard InChI is InChI=1S/C23H34N6O2/c1-16-15-17(2)29(26-16)10-7-21(30)27-8-5-20(6-9-27)22-24-19(4)18(3)23(25-22)28-11-13-31-14-12-28/h15,20H,5-14H2,1-4H3. The lowest BCUT2D eigenvalue weighted by molar-refractivity contribution is -0.132. The van der Waals surface area contributed by atoms with Crippen molar-refractivity contribution in [3.8, 4) is 0 Å². The number of carbonyl (C=O) groups excluding carboxylic acids is 1. The van der Waals surface area contributed by atoms with Crippen LogP contribution in [0.1, 0.15) is 53.7 Å². The quantitative estimate of drug-likeness (QED) is 0.731. The molecule has 0 N–H and O–H groups in total. The first-order chi connectivity index (χ1) is 14.9. The van der Waals surface area contributed by atoms with E-state index < -0.39 is 0 Å². The lowest BCUT2D eigenvalue weighted by atomic mass is 9.95. The van der Waals surface area contributed by atoms with Crippen LogP contribution in [-0.4, -0.2) is 69.9 Å². The zero-order valence-corrected chi connectivity index (χ0v) is 19.2. The van der Waals surface area contributed by atoms with E-state index in [4.69, 9.17) is 14.7 Å². The normalized spacial score (nSPS) is 17.9. The summed E-state index contributed by atoms with van der Waals surface area (Å²) < 4.78 is 7.43. The predicted molar refractivity (Wildman–Crippen MR) is 119 cm³/mol. The smallest absolute Gasteiger partial charge is 0.224 e. The van der Waals surface area contributed by atoms with Gasteiger partial charge in [-0.05, 0) is 46.6 Å². The highest BCUT2D eigenvalue weighted by Gasteiger charge is 2.27. The SMILES string of the molecule is Cc1cc(C)n(CCC(=O)N2CCC(c3nc(C)c(C)c(N4CCOCC4)n3)CC2)n1. The predicted octanol–water partition coefficient (Wildman–Crippen LogP) is 2.54. The van der Waals surface area contributed by atoms with Gasteiger partial charge in [0.25, 0.3) is 0 Å². The third-order valence-electron chi connectivity index (χ3n) is 6.55. The minimum atomic E-state index is 0.209. The minimum absolute atomic E-state index is 0.209. The summed E-state index contributed by atoms with van der Waals surface area (Å²) in [6.45, 7) is 13.6. The maximum atomic E-state index is 12.7. The molecule has 31 heavy (non-hydrogen) atoms. The van der Waals surface area contributed by atoms with Crippen molar-refractivity contribution in [3.63, 3.8) is 0 Å². The van der Waals surface area contributed by atoms with Gasteiger partial charge >= 0.3 is 0 Å². The Hall–Kier alpha value is -2.48. The van der Waals surface area contributed by atoms with Crippen LogP contribution in [0, 0.1) is 27.7 Å². The van der Waals surface area contributed by atoms with E-state index in [-0.39, 0.29) is 5.91 Å². The molecule has 0 bridgehead atoms. The first-order valence-corrected chi connectivity index (χ1v) is 11.4. The number of piperidine rings is 1. The second-order valence-corrected chi connectivity index (χ2v) is 8.77. The molecule has 0 saturated carbocycles. The Morgan fingerprint density at radius 1 is 1.06 bits per heavy atom. The fraction of sp³-hybridized carbons (Fsp3) is 0.652. The van der Waals surface area contributed by atoms with Gasteiger partial charge in [0.15, 0.2) is 0 Å². The molecule has 0 aromatic carbocycles. The molecule has 1 amide bonds. The molecule has 2 saturated heterocycles. The number of likely N-dealkylation sites (tertiary alicyclic amines) is 1. The van der Waals surface area contributed by atoms with Crippen LogP contribution in [0.2, 0.25) is 0 Å². The molecule has 2 aliphatic heterocycles. The van der Waals surface area contributed by atoms with E-state index in [0.29, 0.717) is 18.9 Å². The number of hydrogen-bond acceptors (Lipinski definition) is 6. The summed E-state index contributed by atoms with van der Waals surface area (Å²) >= 11 is 0.